The molecule has 0 aromatic heterocycles. The number of nitrogens with one attached hydrogen (secondary N) is 1. The maximum Gasteiger partial charge on any atom is 0.248 e. The molecule has 35 heavy (non-hydrogen) atoms. The minimum absolute atomic E-state index is 0.0512. The van der Waals surface area contributed by atoms with Crippen LogP contribution in [-0.4, -0.2) is 83.1 Å². The molecular weight excluding hydrogens is 458 g/mol. The normalized spacial score (nSPS) is 31.7. The smallest absolute Gasteiger partial charge is 0.248 e. The van der Waals surface area contributed by atoms with Crippen LogP contribution in [0.4, 0.5) is 8.78 Å². The largest absolute Gasteiger partial charge is 0.493 e. The summed E-state index contributed by atoms with van der Waals surface area (Å²) in [5.74, 6) is -2.94. The van der Waals surface area contributed by atoms with E-state index in [4.69, 9.17) is 10.5 Å². The number of halogens is 2. The lowest BCUT2D eigenvalue weighted by molar-refractivity contribution is -0.148. The number of nitrogens with two attached hydrogens (primary N) is 1. The number of rotatable bonds is 4. The fourth-order valence-electron chi connectivity index (χ4n) is 6.09. The molecule has 0 unspecified atom stereocenters. The number of fused-ring (bicyclic) bond motifs is 2. The lowest BCUT2D eigenvalue weighted by Crippen LogP contribution is -2.65. The first kappa shape index (κ1) is 24.4. The summed E-state index contributed by atoms with van der Waals surface area (Å²) in [5.41, 5.74) is 7.24. The van der Waals surface area contributed by atoms with E-state index in [0.29, 0.717) is 32.5 Å². The molecule has 0 spiro atoms. The van der Waals surface area contributed by atoms with Gasteiger partial charge in [-0.25, -0.2) is 8.78 Å². The van der Waals surface area contributed by atoms with E-state index in [9.17, 15) is 23.5 Å². The first-order chi connectivity index (χ1) is 16.7. The van der Waals surface area contributed by atoms with Gasteiger partial charge in [0.2, 0.25) is 17.7 Å². The number of aliphatic hydroxyl groups is 1. The van der Waals surface area contributed by atoms with Crippen LogP contribution in [0.1, 0.15) is 50.1 Å². The van der Waals surface area contributed by atoms with Gasteiger partial charge in [0.1, 0.15) is 11.8 Å². The zero-order valence-electron chi connectivity index (χ0n) is 19.7. The van der Waals surface area contributed by atoms with Crippen molar-refractivity contribution in [3.8, 4) is 5.75 Å². The van der Waals surface area contributed by atoms with E-state index in [1.807, 2.05) is 24.3 Å². The van der Waals surface area contributed by atoms with E-state index >= 15 is 0 Å². The number of benzene rings is 1. The number of hydrogen-bond donors (Lipinski definition) is 3. The number of hydrogen-bond acceptors (Lipinski definition) is 6. The number of alkyl halides is 2. The summed E-state index contributed by atoms with van der Waals surface area (Å²) in [5, 5.41) is 13.3. The molecule has 1 aromatic carbocycles. The van der Waals surface area contributed by atoms with Gasteiger partial charge >= 0.3 is 0 Å². The highest BCUT2D eigenvalue weighted by molar-refractivity contribution is 5.90. The van der Waals surface area contributed by atoms with Crippen LogP contribution in [0.15, 0.2) is 24.3 Å². The van der Waals surface area contributed by atoms with Gasteiger partial charge in [-0.05, 0) is 31.2 Å². The van der Waals surface area contributed by atoms with Crippen LogP contribution in [0.25, 0.3) is 0 Å². The van der Waals surface area contributed by atoms with Gasteiger partial charge in [0.25, 0.3) is 0 Å². The van der Waals surface area contributed by atoms with Crippen molar-refractivity contribution >= 4 is 11.8 Å². The number of amides is 2. The zero-order chi connectivity index (χ0) is 24.7. The van der Waals surface area contributed by atoms with Crippen LogP contribution in [0.3, 0.4) is 0 Å². The summed E-state index contributed by atoms with van der Waals surface area (Å²) in [6, 6.07) is 5.58. The number of carbonyl (C=O) groups excluding carboxylic acids is 2. The third-order valence-corrected chi connectivity index (χ3v) is 8.11. The average Bonchev–Trinajstić information content (AvgIpc) is 3.21. The van der Waals surface area contributed by atoms with Crippen LogP contribution in [0.2, 0.25) is 0 Å². The van der Waals surface area contributed by atoms with Crippen molar-refractivity contribution in [1.82, 2.24) is 15.1 Å². The monoisotopic (exact) mass is 492 g/mol. The van der Waals surface area contributed by atoms with Crippen LogP contribution in [-0.2, 0) is 9.59 Å². The Balaban J connectivity index is 1.33. The molecule has 192 valence electrons. The SMILES string of the molecule is N[C@H](C(=O)N1C[C@H]2C[C@@H](O)CN2C[C@H]1C(=O)N[C@@H]1CCOc2ccccc21)C1CCC(F)(F)CC1. The van der Waals surface area contributed by atoms with Gasteiger partial charge in [0.05, 0.1) is 24.8 Å². The molecule has 1 aliphatic carbocycles. The highest BCUT2D eigenvalue weighted by atomic mass is 19.3. The van der Waals surface area contributed by atoms with Gasteiger partial charge in [0.15, 0.2) is 0 Å². The second-order valence-electron chi connectivity index (χ2n) is 10.5. The van der Waals surface area contributed by atoms with Gasteiger partial charge in [-0.1, -0.05) is 18.2 Å². The summed E-state index contributed by atoms with van der Waals surface area (Å²) in [6.07, 6.45) is 0.481. The Hall–Kier alpha value is -2.30. The topological polar surface area (TPSA) is 108 Å². The molecule has 1 saturated carbocycles. The first-order valence-electron chi connectivity index (χ1n) is 12.6. The lowest BCUT2D eigenvalue weighted by Gasteiger charge is -2.45. The number of nitrogens with zero attached hydrogens (tertiary/aromatic N) is 2. The van der Waals surface area contributed by atoms with Crippen molar-refractivity contribution < 1.29 is 28.2 Å². The summed E-state index contributed by atoms with van der Waals surface area (Å²) in [6.45, 7) is 1.53. The van der Waals surface area contributed by atoms with Crippen LogP contribution in [0, 0.1) is 5.92 Å². The molecule has 5 rings (SSSR count). The number of piperazine rings is 1. The first-order valence-corrected chi connectivity index (χ1v) is 12.6. The van der Waals surface area contributed by atoms with E-state index in [-0.39, 0.29) is 62.0 Å². The maximum atomic E-state index is 13.6. The molecule has 4 aliphatic rings. The third-order valence-electron chi connectivity index (χ3n) is 8.11. The second kappa shape index (κ2) is 9.63. The summed E-state index contributed by atoms with van der Waals surface area (Å²) in [7, 11) is 0. The molecule has 10 heteroatoms. The molecule has 5 atom stereocenters. The molecule has 3 fully saturated rings. The van der Waals surface area contributed by atoms with E-state index in [1.54, 1.807) is 0 Å². The minimum Gasteiger partial charge on any atom is -0.493 e. The Kier molecular flexibility index (Phi) is 6.71. The molecule has 4 N–H and O–H groups in total. The Morgan fingerprint density at radius 2 is 1.89 bits per heavy atom. The predicted octanol–water partition coefficient (Wildman–Crippen LogP) is 1.43. The van der Waals surface area contributed by atoms with E-state index in [1.165, 1.54) is 4.90 Å². The lowest BCUT2D eigenvalue weighted by atomic mass is 9.81. The summed E-state index contributed by atoms with van der Waals surface area (Å²) < 4.78 is 33.0. The molecule has 2 amide bonds. The maximum absolute atomic E-state index is 13.6. The second-order valence-corrected chi connectivity index (χ2v) is 10.5. The number of aliphatic hydroxyl groups excluding tert-OH is 1. The predicted molar refractivity (Wildman–Crippen MR) is 124 cm³/mol. The Bertz CT molecular complexity index is 953. The van der Waals surface area contributed by atoms with Crippen LogP contribution in [0.5, 0.6) is 5.75 Å². The average molecular weight is 493 g/mol. The molecule has 2 saturated heterocycles. The van der Waals surface area contributed by atoms with Crippen molar-refractivity contribution in [1.29, 1.82) is 0 Å². The van der Waals surface area contributed by atoms with Gasteiger partial charge < -0.3 is 25.8 Å². The van der Waals surface area contributed by atoms with Gasteiger partial charge in [-0.2, -0.15) is 0 Å². The number of para-hydroxylation sites is 1. The standard InChI is InChI=1S/C25H34F2N4O4/c26-25(27)8-5-15(6-9-25)22(28)24(34)31-12-16-11-17(32)13-30(16)14-20(31)23(33)29-19-7-10-35-21-4-2-1-3-18(19)21/h1-4,15-17,19-20,22,32H,5-14,28H2,(H,29,33)/t16-,17-,19-,20+,22+/m1/s1. The van der Waals surface area contributed by atoms with Crippen LogP contribution < -0.4 is 15.8 Å². The molecule has 0 radical (unpaired) electrons. The Labute approximate surface area is 203 Å². The number of ether oxygens (including phenoxy) is 1. The Morgan fingerprint density at radius 1 is 1.14 bits per heavy atom. The van der Waals surface area contributed by atoms with Gasteiger partial charge in [0, 0.05) is 50.5 Å². The fourth-order valence-corrected chi connectivity index (χ4v) is 6.09. The van der Waals surface area contributed by atoms with Crippen molar-refractivity contribution in [2.24, 2.45) is 11.7 Å². The summed E-state index contributed by atoms with van der Waals surface area (Å²) >= 11 is 0. The fraction of sp³-hybridized carbons (Fsp3) is 0.680. The third kappa shape index (κ3) is 5.01. The van der Waals surface area contributed by atoms with E-state index in [0.717, 1.165) is 11.3 Å². The van der Waals surface area contributed by atoms with Crippen molar-refractivity contribution in [2.75, 3.05) is 26.2 Å². The highest BCUT2D eigenvalue weighted by Gasteiger charge is 2.47. The van der Waals surface area contributed by atoms with E-state index in [2.05, 4.69) is 10.2 Å². The summed E-state index contributed by atoms with van der Waals surface area (Å²) in [4.78, 5) is 30.7. The molecular formula is C25H34F2N4O4. The molecule has 0 bridgehead atoms. The van der Waals surface area contributed by atoms with Crippen LogP contribution >= 0.6 is 0 Å². The van der Waals surface area contributed by atoms with Crippen molar-refractivity contribution in [3.05, 3.63) is 29.8 Å². The van der Waals surface area contributed by atoms with Gasteiger partial charge in [-0.3, -0.25) is 14.5 Å². The molecule has 8 nitrogen and oxygen atoms in total. The van der Waals surface area contributed by atoms with Gasteiger partial charge in [-0.15, -0.1) is 0 Å². The molecule has 3 aliphatic heterocycles. The zero-order valence-corrected chi connectivity index (χ0v) is 19.7. The number of carbonyl (C=O) groups is 2. The van der Waals surface area contributed by atoms with E-state index < -0.39 is 24.1 Å². The minimum atomic E-state index is -2.70. The van der Waals surface area contributed by atoms with Crippen molar-refractivity contribution in [3.63, 3.8) is 0 Å². The molecule has 3 heterocycles. The Morgan fingerprint density at radius 3 is 2.66 bits per heavy atom. The highest BCUT2D eigenvalue weighted by Crippen LogP contribution is 2.38. The van der Waals surface area contributed by atoms with Crippen molar-refractivity contribution in [2.45, 2.75) is 74.7 Å². The quantitative estimate of drug-likeness (QED) is 0.587. The molecule has 1 aromatic rings.